The highest BCUT2D eigenvalue weighted by Crippen LogP contribution is 2.17. The highest BCUT2D eigenvalue weighted by atomic mass is 16.5. The number of ether oxygens (including phenoxy) is 1. The summed E-state index contributed by atoms with van der Waals surface area (Å²) >= 11 is 0. The number of carbonyl (C=O) groups is 1. The van der Waals surface area contributed by atoms with Crippen molar-refractivity contribution in [1.82, 2.24) is 16.0 Å². The van der Waals surface area contributed by atoms with Gasteiger partial charge in [0.2, 0.25) is 0 Å². The third-order valence-electron chi connectivity index (χ3n) is 4.20. The van der Waals surface area contributed by atoms with Gasteiger partial charge in [0, 0.05) is 31.7 Å². The minimum absolute atomic E-state index is 0.106. The van der Waals surface area contributed by atoms with Gasteiger partial charge in [-0.15, -0.1) is 0 Å². The first-order valence-electron chi connectivity index (χ1n) is 8.62. The van der Waals surface area contributed by atoms with Crippen molar-refractivity contribution in [3.05, 3.63) is 29.8 Å². The van der Waals surface area contributed by atoms with Crippen LogP contribution in [0.3, 0.4) is 0 Å². The number of hydrogen-bond donors (Lipinski definition) is 3. The molecule has 0 unspecified atom stereocenters. The molecule has 1 aliphatic rings. The van der Waals surface area contributed by atoms with Gasteiger partial charge in [-0.05, 0) is 31.0 Å². The second-order valence-electron chi connectivity index (χ2n) is 5.97. The normalized spacial score (nSPS) is 15.7. The Balaban J connectivity index is 1.69. The number of guanidine groups is 1. The molecule has 3 N–H and O–H groups in total. The molecular weight excluding hydrogens is 304 g/mol. The molecule has 1 aliphatic carbocycles. The van der Waals surface area contributed by atoms with Crippen molar-refractivity contribution in [3.8, 4) is 5.75 Å². The molecule has 0 bridgehead atoms. The highest BCUT2D eigenvalue weighted by molar-refractivity contribution is 5.94. The van der Waals surface area contributed by atoms with Gasteiger partial charge in [-0.25, -0.2) is 0 Å². The van der Waals surface area contributed by atoms with Crippen LogP contribution in [0.5, 0.6) is 5.75 Å². The lowest BCUT2D eigenvalue weighted by Crippen LogP contribution is -2.46. The number of nitrogens with zero attached hydrogens (tertiary/aromatic N) is 1. The quantitative estimate of drug-likeness (QED) is 0.423. The smallest absolute Gasteiger partial charge is 0.251 e. The van der Waals surface area contributed by atoms with E-state index in [1.165, 1.54) is 32.1 Å². The summed E-state index contributed by atoms with van der Waals surface area (Å²) in [5.41, 5.74) is 0.596. The maximum absolute atomic E-state index is 12.1. The van der Waals surface area contributed by atoms with Gasteiger partial charge in [0.15, 0.2) is 5.96 Å². The fraction of sp³-hybridized carbons (Fsp3) is 0.556. The highest BCUT2D eigenvalue weighted by Gasteiger charge is 2.14. The summed E-state index contributed by atoms with van der Waals surface area (Å²) in [4.78, 5) is 16.3. The Morgan fingerprint density at radius 3 is 2.67 bits per heavy atom. The lowest BCUT2D eigenvalue weighted by molar-refractivity contribution is 0.0954. The van der Waals surface area contributed by atoms with Crippen molar-refractivity contribution in [2.24, 2.45) is 4.99 Å². The zero-order chi connectivity index (χ0) is 17.2. The average Bonchev–Trinajstić information content (AvgIpc) is 2.64. The fourth-order valence-corrected chi connectivity index (χ4v) is 2.86. The third kappa shape index (κ3) is 5.76. The number of nitrogens with one attached hydrogen (secondary N) is 3. The SMILES string of the molecule is CN=C(NCCNC(=O)c1cccc(OC)c1)NC1CCCCC1. The maximum Gasteiger partial charge on any atom is 0.251 e. The number of rotatable bonds is 6. The summed E-state index contributed by atoms with van der Waals surface area (Å²) in [7, 11) is 3.36. The Labute approximate surface area is 144 Å². The van der Waals surface area contributed by atoms with Crippen LogP contribution in [0.1, 0.15) is 42.5 Å². The molecule has 1 aromatic carbocycles. The molecule has 24 heavy (non-hydrogen) atoms. The molecule has 0 saturated heterocycles. The predicted molar refractivity (Wildman–Crippen MR) is 96.7 cm³/mol. The van der Waals surface area contributed by atoms with Crippen LogP contribution in [0, 0.1) is 0 Å². The minimum Gasteiger partial charge on any atom is -0.497 e. The molecule has 6 heteroatoms. The van der Waals surface area contributed by atoms with E-state index in [9.17, 15) is 4.79 Å². The number of amides is 1. The molecule has 1 aromatic rings. The van der Waals surface area contributed by atoms with E-state index in [4.69, 9.17) is 4.74 Å². The van der Waals surface area contributed by atoms with Crippen molar-refractivity contribution in [3.63, 3.8) is 0 Å². The molecule has 0 atom stereocenters. The first-order valence-corrected chi connectivity index (χ1v) is 8.62. The second kappa shape index (κ2) is 9.80. The average molecular weight is 332 g/mol. The number of methoxy groups -OCH3 is 1. The van der Waals surface area contributed by atoms with E-state index < -0.39 is 0 Å². The van der Waals surface area contributed by atoms with Gasteiger partial charge in [0.1, 0.15) is 5.75 Å². The maximum atomic E-state index is 12.1. The summed E-state index contributed by atoms with van der Waals surface area (Å²) in [5.74, 6) is 1.38. The Kier molecular flexibility index (Phi) is 7.39. The number of benzene rings is 1. The van der Waals surface area contributed by atoms with E-state index in [1.807, 2.05) is 12.1 Å². The zero-order valence-electron chi connectivity index (χ0n) is 14.6. The largest absolute Gasteiger partial charge is 0.497 e. The van der Waals surface area contributed by atoms with Gasteiger partial charge in [-0.1, -0.05) is 25.3 Å². The molecule has 1 amide bonds. The molecule has 1 saturated carbocycles. The number of aliphatic imine (C=N–C) groups is 1. The van der Waals surface area contributed by atoms with Gasteiger partial charge in [0.25, 0.3) is 5.91 Å². The van der Waals surface area contributed by atoms with Crippen LogP contribution in [0.2, 0.25) is 0 Å². The Hall–Kier alpha value is -2.24. The van der Waals surface area contributed by atoms with E-state index in [2.05, 4.69) is 20.9 Å². The molecule has 0 spiro atoms. The molecule has 0 aliphatic heterocycles. The van der Waals surface area contributed by atoms with Crippen LogP contribution in [-0.2, 0) is 0 Å². The second-order valence-corrected chi connectivity index (χ2v) is 5.97. The van der Waals surface area contributed by atoms with Crippen molar-refractivity contribution in [2.75, 3.05) is 27.2 Å². The summed E-state index contributed by atoms with van der Waals surface area (Å²) in [6.45, 7) is 1.16. The standard InChI is InChI=1S/C18H28N4O2/c1-19-18(22-15-8-4-3-5-9-15)21-12-11-20-17(23)14-7-6-10-16(13-14)24-2/h6-7,10,13,15H,3-5,8-9,11-12H2,1-2H3,(H,20,23)(H2,19,21,22). The Bertz CT molecular complexity index is 554. The van der Waals surface area contributed by atoms with Gasteiger partial charge in [-0.2, -0.15) is 0 Å². The molecule has 0 aromatic heterocycles. The zero-order valence-corrected chi connectivity index (χ0v) is 14.6. The van der Waals surface area contributed by atoms with Crippen LogP contribution >= 0.6 is 0 Å². The predicted octanol–water partition coefficient (Wildman–Crippen LogP) is 1.92. The van der Waals surface area contributed by atoms with E-state index in [-0.39, 0.29) is 5.91 Å². The Morgan fingerprint density at radius 1 is 1.21 bits per heavy atom. The monoisotopic (exact) mass is 332 g/mol. The first-order chi connectivity index (χ1) is 11.7. The fourth-order valence-electron chi connectivity index (χ4n) is 2.86. The van der Waals surface area contributed by atoms with E-state index in [0.717, 1.165) is 5.96 Å². The lowest BCUT2D eigenvalue weighted by atomic mass is 9.96. The molecule has 132 valence electrons. The summed E-state index contributed by atoms with van der Waals surface area (Å²) < 4.78 is 5.13. The van der Waals surface area contributed by atoms with E-state index >= 15 is 0 Å². The molecule has 2 rings (SSSR count). The van der Waals surface area contributed by atoms with Gasteiger partial charge in [0.05, 0.1) is 7.11 Å². The topological polar surface area (TPSA) is 74.8 Å². The van der Waals surface area contributed by atoms with E-state index in [0.29, 0.717) is 30.4 Å². The van der Waals surface area contributed by atoms with Crippen molar-refractivity contribution in [1.29, 1.82) is 0 Å². The van der Waals surface area contributed by atoms with Crippen molar-refractivity contribution in [2.45, 2.75) is 38.1 Å². The molecule has 6 nitrogen and oxygen atoms in total. The summed E-state index contributed by atoms with van der Waals surface area (Å²) in [5, 5.41) is 9.59. The van der Waals surface area contributed by atoms with E-state index in [1.54, 1.807) is 26.3 Å². The summed E-state index contributed by atoms with van der Waals surface area (Å²) in [6.07, 6.45) is 6.30. The van der Waals surface area contributed by atoms with Crippen LogP contribution in [-0.4, -0.2) is 45.2 Å². The lowest BCUT2D eigenvalue weighted by Gasteiger charge is -2.24. The van der Waals surface area contributed by atoms with Crippen molar-refractivity contribution >= 4 is 11.9 Å². The van der Waals surface area contributed by atoms with Crippen molar-refractivity contribution < 1.29 is 9.53 Å². The van der Waals surface area contributed by atoms with Crippen LogP contribution < -0.4 is 20.7 Å². The van der Waals surface area contributed by atoms with Gasteiger partial charge < -0.3 is 20.7 Å². The molecule has 1 fully saturated rings. The Morgan fingerprint density at radius 2 is 1.96 bits per heavy atom. The molecular formula is C18H28N4O2. The van der Waals surface area contributed by atoms with Gasteiger partial charge in [-0.3, -0.25) is 9.79 Å². The minimum atomic E-state index is -0.106. The van der Waals surface area contributed by atoms with Crippen LogP contribution in [0.4, 0.5) is 0 Å². The number of carbonyl (C=O) groups excluding carboxylic acids is 1. The summed E-state index contributed by atoms with van der Waals surface area (Å²) in [6, 6.07) is 7.64. The van der Waals surface area contributed by atoms with Gasteiger partial charge >= 0.3 is 0 Å². The van der Waals surface area contributed by atoms with Crippen LogP contribution in [0.15, 0.2) is 29.3 Å². The number of hydrogen-bond acceptors (Lipinski definition) is 3. The third-order valence-corrected chi connectivity index (χ3v) is 4.20. The molecule has 0 heterocycles. The van der Waals surface area contributed by atoms with Crippen LogP contribution in [0.25, 0.3) is 0 Å². The molecule has 0 radical (unpaired) electrons. The first kappa shape index (κ1) is 18.1.